The van der Waals surface area contributed by atoms with Gasteiger partial charge in [-0.25, -0.2) is 0 Å². The van der Waals surface area contributed by atoms with E-state index in [2.05, 4.69) is 59.5 Å². The SMILES string of the molecule is CC(CCN=C(N)NC1CCCCC1)N(C)Cc1ccccc1. The van der Waals surface area contributed by atoms with Crippen molar-refractivity contribution in [2.24, 2.45) is 10.7 Å². The second-order valence-electron chi connectivity index (χ2n) is 6.78. The minimum Gasteiger partial charge on any atom is -0.370 e. The van der Waals surface area contributed by atoms with Gasteiger partial charge in [0.2, 0.25) is 0 Å². The highest BCUT2D eigenvalue weighted by Crippen LogP contribution is 2.17. The summed E-state index contributed by atoms with van der Waals surface area (Å²) < 4.78 is 0. The minimum atomic E-state index is 0.487. The Morgan fingerprint density at radius 3 is 2.65 bits per heavy atom. The van der Waals surface area contributed by atoms with Crippen LogP contribution in [0.1, 0.15) is 51.0 Å². The molecule has 0 radical (unpaired) electrons. The summed E-state index contributed by atoms with van der Waals surface area (Å²) >= 11 is 0. The van der Waals surface area contributed by atoms with E-state index in [9.17, 15) is 0 Å². The Kier molecular flexibility index (Phi) is 7.40. The van der Waals surface area contributed by atoms with Gasteiger partial charge in [-0.2, -0.15) is 0 Å². The van der Waals surface area contributed by atoms with Crippen molar-refractivity contribution in [1.29, 1.82) is 0 Å². The first-order valence-electron chi connectivity index (χ1n) is 8.96. The monoisotopic (exact) mass is 316 g/mol. The maximum absolute atomic E-state index is 6.02. The van der Waals surface area contributed by atoms with E-state index >= 15 is 0 Å². The van der Waals surface area contributed by atoms with Gasteiger partial charge in [-0.1, -0.05) is 49.6 Å². The topological polar surface area (TPSA) is 53.6 Å². The Labute approximate surface area is 141 Å². The van der Waals surface area contributed by atoms with Crippen LogP contribution in [0.2, 0.25) is 0 Å². The Balaban J connectivity index is 1.68. The molecule has 1 atom stereocenters. The molecular weight excluding hydrogens is 284 g/mol. The molecule has 0 saturated heterocycles. The van der Waals surface area contributed by atoms with Crippen LogP contribution in [0.15, 0.2) is 35.3 Å². The van der Waals surface area contributed by atoms with Gasteiger partial charge in [-0.15, -0.1) is 0 Å². The average Bonchev–Trinajstić information content (AvgIpc) is 2.56. The van der Waals surface area contributed by atoms with E-state index < -0.39 is 0 Å². The molecule has 0 aromatic heterocycles. The lowest BCUT2D eigenvalue weighted by molar-refractivity contribution is 0.240. The van der Waals surface area contributed by atoms with Crippen molar-refractivity contribution in [3.63, 3.8) is 0 Å². The molecule has 0 bridgehead atoms. The van der Waals surface area contributed by atoms with Crippen molar-refractivity contribution in [2.75, 3.05) is 13.6 Å². The van der Waals surface area contributed by atoms with Crippen LogP contribution < -0.4 is 11.1 Å². The highest BCUT2D eigenvalue weighted by atomic mass is 15.1. The maximum atomic E-state index is 6.02. The highest BCUT2D eigenvalue weighted by molar-refractivity contribution is 5.78. The second-order valence-corrected chi connectivity index (χ2v) is 6.78. The number of nitrogens with one attached hydrogen (secondary N) is 1. The fourth-order valence-corrected chi connectivity index (χ4v) is 3.12. The van der Waals surface area contributed by atoms with Crippen molar-refractivity contribution >= 4 is 5.96 Å². The molecule has 4 nitrogen and oxygen atoms in total. The van der Waals surface area contributed by atoms with Crippen LogP contribution >= 0.6 is 0 Å². The van der Waals surface area contributed by atoms with Crippen LogP contribution in [0.25, 0.3) is 0 Å². The molecule has 0 amide bonds. The van der Waals surface area contributed by atoms with Gasteiger partial charge in [0.05, 0.1) is 0 Å². The molecule has 0 spiro atoms. The molecule has 1 unspecified atom stereocenters. The molecule has 4 heteroatoms. The first-order chi connectivity index (χ1) is 11.1. The predicted octanol–water partition coefficient (Wildman–Crippen LogP) is 3.13. The number of aliphatic imine (C=N–C) groups is 1. The molecule has 1 aromatic rings. The first-order valence-corrected chi connectivity index (χ1v) is 8.96. The van der Waals surface area contributed by atoms with E-state index in [4.69, 9.17) is 5.73 Å². The van der Waals surface area contributed by atoms with Gasteiger partial charge in [-0.3, -0.25) is 9.89 Å². The summed E-state index contributed by atoms with van der Waals surface area (Å²) in [5, 5.41) is 3.38. The van der Waals surface area contributed by atoms with Gasteiger partial charge in [0.15, 0.2) is 5.96 Å². The van der Waals surface area contributed by atoms with Crippen LogP contribution in [-0.4, -0.2) is 36.5 Å². The second kappa shape index (κ2) is 9.56. The number of nitrogens with zero attached hydrogens (tertiary/aromatic N) is 2. The van der Waals surface area contributed by atoms with Gasteiger partial charge in [0, 0.05) is 25.2 Å². The fourth-order valence-electron chi connectivity index (χ4n) is 3.12. The summed E-state index contributed by atoms with van der Waals surface area (Å²) in [6.45, 7) is 4.01. The maximum Gasteiger partial charge on any atom is 0.188 e. The molecule has 1 fully saturated rings. The van der Waals surface area contributed by atoms with E-state index in [1.807, 2.05) is 0 Å². The average molecular weight is 316 g/mol. The molecule has 23 heavy (non-hydrogen) atoms. The van der Waals surface area contributed by atoms with E-state index in [-0.39, 0.29) is 0 Å². The lowest BCUT2D eigenvalue weighted by Crippen LogP contribution is -2.41. The number of rotatable bonds is 7. The van der Waals surface area contributed by atoms with Crippen molar-refractivity contribution < 1.29 is 0 Å². The molecule has 1 aromatic carbocycles. The zero-order valence-electron chi connectivity index (χ0n) is 14.7. The van der Waals surface area contributed by atoms with Gasteiger partial charge in [0.25, 0.3) is 0 Å². The summed E-state index contributed by atoms with van der Waals surface area (Å²) in [5.41, 5.74) is 7.37. The Bertz CT molecular complexity index is 466. The largest absolute Gasteiger partial charge is 0.370 e. The van der Waals surface area contributed by atoms with Gasteiger partial charge >= 0.3 is 0 Å². The van der Waals surface area contributed by atoms with Crippen molar-refractivity contribution in [3.05, 3.63) is 35.9 Å². The lowest BCUT2D eigenvalue weighted by Gasteiger charge is -2.25. The van der Waals surface area contributed by atoms with Gasteiger partial charge in [-0.05, 0) is 38.8 Å². The van der Waals surface area contributed by atoms with E-state index in [0.717, 1.165) is 19.5 Å². The normalized spacial score (nSPS) is 18.1. The van der Waals surface area contributed by atoms with Crippen molar-refractivity contribution in [1.82, 2.24) is 10.2 Å². The number of guanidine groups is 1. The standard InChI is InChI=1S/C19H32N4/c1-16(23(2)15-17-9-5-3-6-10-17)13-14-21-19(20)22-18-11-7-4-8-12-18/h3,5-6,9-10,16,18H,4,7-8,11-15H2,1-2H3,(H3,20,21,22). The molecule has 1 saturated carbocycles. The van der Waals surface area contributed by atoms with Gasteiger partial charge < -0.3 is 11.1 Å². The predicted molar refractivity (Wildman–Crippen MR) is 98.5 cm³/mol. The Morgan fingerprint density at radius 1 is 1.26 bits per heavy atom. The summed E-state index contributed by atoms with van der Waals surface area (Å²) in [5.74, 6) is 0.620. The molecule has 0 heterocycles. The fraction of sp³-hybridized carbons (Fsp3) is 0.632. The van der Waals surface area contributed by atoms with Gasteiger partial charge in [0.1, 0.15) is 0 Å². The molecule has 128 valence electrons. The van der Waals surface area contributed by atoms with E-state index in [1.54, 1.807) is 0 Å². The Morgan fingerprint density at radius 2 is 1.96 bits per heavy atom. The number of hydrogen-bond donors (Lipinski definition) is 2. The van der Waals surface area contributed by atoms with Crippen molar-refractivity contribution in [2.45, 2.75) is 64.1 Å². The third-order valence-corrected chi connectivity index (χ3v) is 4.81. The van der Waals surface area contributed by atoms with Crippen LogP contribution in [0, 0.1) is 0 Å². The lowest BCUT2D eigenvalue weighted by atomic mass is 9.96. The molecular formula is C19H32N4. The molecule has 0 aliphatic heterocycles. The number of nitrogens with two attached hydrogens (primary N) is 1. The summed E-state index contributed by atoms with van der Waals surface area (Å²) in [6.07, 6.45) is 7.47. The quantitative estimate of drug-likeness (QED) is 0.600. The third-order valence-electron chi connectivity index (χ3n) is 4.81. The Hall–Kier alpha value is -1.55. The van der Waals surface area contributed by atoms with Crippen LogP contribution in [-0.2, 0) is 6.54 Å². The van der Waals surface area contributed by atoms with E-state index in [0.29, 0.717) is 18.0 Å². The summed E-state index contributed by atoms with van der Waals surface area (Å²) in [4.78, 5) is 6.87. The van der Waals surface area contributed by atoms with E-state index in [1.165, 1.54) is 37.7 Å². The highest BCUT2D eigenvalue weighted by Gasteiger charge is 2.13. The molecule has 1 aliphatic carbocycles. The summed E-state index contributed by atoms with van der Waals surface area (Å²) in [7, 11) is 2.17. The molecule has 2 rings (SSSR count). The van der Waals surface area contributed by atoms with Crippen LogP contribution in [0.5, 0.6) is 0 Å². The third kappa shape index (κ3) is 6.61. The summed E-state index contributed by atoms with van der Waals surface area (Å²) in [6, 6.07) is 11.6. The zero-order chi connectivity index (χ0) is 16.5. The van der Waals surface area contributed by atoms with Crippen molar-refractivity contribution in [3.8, 4) is 0 Å². The molecule has 3 N–H and O–H groups in total. The van der Waals surface area contributed by atoms with Crippen LogP contribution in [0.4, 0.5) is 0 Å². The van der Waals surface area contributed by atoms with Crippen LogP contribution in [0.3, 0.4) is 0 Å². The molecule has 1 aliphatic rings. The smallest absolute Gasteiger partial charge is 0.188 e. The first kappa shape index (κ1) is 17.8. The number of benzene rings is 1. The zero-order valence-corrected chi connectivity index (χ0v) is 14.7. The number of hydrogen-bond acceptors (Lipinski definition) is 2. The minimum absolute atomic E-state index is 0.487.